The molecule has 0 aliphatic carbocycles. The van der Waals surface area contributed by atoms with E-state index in [9.17, 15) is 10.1 Å². The predicted octanol–water partition coefficient (Wildman–Crippen LogP) is 4.87. The van der Waals surface area contributed by atoms with Crippen LogP contribution in [-0.2, 0) is 0 Å². The van der Waals surface area contributed by atoms with Gasteiger partial charge in [-0.05, 0) is 11.6 Å². The average molecular weight is 352 g/mol. The summed E-state index contributed by atoms with van der Waals surface area (Å²) in [6, 6.07) is 17.1. The first-order valence-electron chi connectivity index (χ1n) is 6.19. The van der Waals surface area contributed by atoms with Gasteiger partial charge < -0.3 is 0 Å². The summed E-state index contributed by atoms with van der Waals surface area (Å²) in [5.41, 5.74) is 1.43. The molecule has 2 aromatic rings. The number of hydrogen-bond acceptors (Lipinski definition) is 3. The summed E-state index contributed by atoms with van der Waals surface area (Å²) in [5, 5.41) is 11.8. The molecule has 5 heteroatoms. The number of thioether (sulfide) groups is 1. The van der Waals surface area contributed by atoms with Gasteiger partial charge >= 0.3 is 0 Å². The summed E-state index contributed by atoms with van der Waals surface area (Å²) < 4.78 is 0. The minimum atomic E-state index is -0.325. The van der Waals surface area contributed by atoms with E-state index in [0.29, 0.717) is 5.92 Å². The molecule has 0 aromatic heterocycles. The monoisotopic (exact) mass is 351 g/mol. The maximum absolute atomic E-state index is 11.0. The SMILES string of the molecule is O=[N+]([O-])c1ccccc1SCC(CBr)c1ccccc1. The van der Waals surface area contributed by atoms with Gasteiger partial charge in [0.15, 0.2) is 0 Å². The molecule has 0 aliphatic heterocycles. The number of halogens is 1. The van der Waals surface area contributed by atoms with Crippen molar-refractivity contribution in [3.05, 3.63) is 70.3 Å². The quantitative estimate of drug-likeness (QED) is 0.323. The molecule has 2 aromatic carbocycles. The summed E-state index contributed by atoms with van der Waals surface area (Å²) >= 11 is 5.06. The average Bonchev–Trinajstić information content (AvgIpc) is 2.49. The van der Waals surface area contributed by atoms with Crippen LogP contribution in [0.4, 0.5) is 5.69 Å². The number of nitro benzene ring substituents is 1. The molecule has 0 aliphatic rings. The van der Waals surface area contributed by atoms with Crippen molar-refractivity contribution >= 4 is 33.4 Å². The Labute approximate surface area is 130 Å². The van der Waals surface area contributed by atoms with E-state index in [1.807, 2.05) is 24.3 Å². The first kappa shape index (κ1) is 15.1. The molecule has 0 fully saturated rings. The summed E-state index contributed by atoms with van der Waals surface area (Å²) in [4.78, 5) is 11.4. The highest BCUT2D eigenvalue weighted by Gasteiger charge is 2.16. The number of nitrogens with zero attached hydrogens (tertiary/aromatic N) is 1. The van der Waals surface area contributed by atoms with Crippen LogP contribution in [0.15, 0.2) is 59.5 Å². The molecule has 0 saturated heterocycles. The van der Waals surface area contributed by atoms with Gasteiger partial charge in [-0.15, -0.1) is 11.8 Å². The molecule has 0 spiro atoms. The molecule has 0 N–H and O–H groups in total. The smallest absolute Gasteiger partial charge is 0.258 e. The van der Waals surface area contributed by atoms with Gasteiger partial charge in [0.1, 0.15) is 0 Å². The predicted molar refractivity (Wildman–Crippen MR) is 86.8 cm³/mol. The lowest BCUT2D eigenvalue weighted by molar-refractivity contribution is -0.387. The first-order chi connectivity index (χ1) is 9.72. The van der Waals surface area contributed by atoms with Crippen LogP contribution in [-0.4, -0.2) is 16.0 Å². The Morgan fingerprint density at radius 3 is 2.40 bits per heavy atom. The van der Waals surface area contributed by atoms with Crippen LogP contribution in [0, 0.1) is 10.1 Å². The third-order valence-corrected chi connectivity index (χ3v) is 4.97. The van der Waals surface area contributed by atoms with Gasteiger partial charge in [0, 0.05) is 23.1 Å². The molecule has 2 rings (SSSR count). The van der Waals surface area contributed by atoms with Gasteiger partial charge in [0.2, 0.25) is 0 Å². The zero-order valence-corrected chi connectivity index (χ0v) is 13.1. The van der Waals surface area contributed by atoms with E-state index in [4.69, 9.17) is 0 Å². The van der Waals surface area contributed by atoms with E-state index in [1.165, 1.54) is 17.3 Å². The van der Waals surface area contributed by atoms with Crippen molar-refractivity contribution in [2.45, 2.75) is 10.8 Å². The summed E-state index contributed by atoms with van der Waals surface area (Å²) in [7, 11) is 0. The maximum Gasteiger partial charge on any atom is 0.282 e. The minimum Gasteiger partial charge on any atom is -0.258 e. The van der Waals surface area contributed by atoms with Gasteiger partial charge in [-0.1, -0.05) is 58.4 Å². The fourth-order valence-corrected chi connectivity index (χ4v) is 3.94. The molecule has 1 atom stereocenters. The highest BCUT2D eigenvalue weighted by Crippen LogP contribution is 2.33. The Morgan fingerprint density at radius 1 is 1.10 bits per heavy atom. The Balaban J connectivity index is 2.10. The molecule has 3 nitrogen and oxygen atoms in total. The van der Waals surface area contributed by atoms with Gasteiger partial charge in [-0.25, -0.2) is 0 Å². The number of nitro groups is 1. The van der Waals surface area contributed by atoms with Crippen LogP contribution in [0.2, 0.25) is 0 Å². The Bertz CT molecular complexity index is 577. The summed E-state index contributed by atoms with van der Waals surface area (Å²) in [5.74, 6) is 1.14. The Hall–Kier alpha value is -1.33. The van der Waals surface area contributed by atoms with E-state index in [2.05, 4.69) is 28.1 Å². The van der Waals surface area contributed by atoms with E-state index in [-0.39, 0.29) is 10.6 Å². The van der Waals surface area contributed by atoms with E-state index >= 15 is 0 Å². The van der Waals surface area contributed by atoms with E-state index in [0.717, 1.165) is 16.0 Å². The van der Waals surface area contributed by atoms with Gasteiger partial charge in [0.25, 0.3) is 5.69 Å². The standard InChI is InChI=1S/C15H14BrNO2S/c16-10-13(12-6-2-1-3-7-12)11-20-15-9-5-4-8-14(15)17(18)19/h1-9,13H,10-11H2. The van der Waals surface area contributed by atoms with Gasteiger partial charge in [-0.3, -0.25) is 10.1 Å². The summed E-state index contributed by atoms with van der Waals surface area (Å²) in [6.07, 6.45) is 0. The van der Waals surface area contributed by atoms with Crippen molar-refractivity contribution in [2.24, 2.45) is 0 Å². The minimum absolute atomic E-state index is 0.180. The Morgan fingerprint density at radius 2 is 1.75 bits per heavy atom. The van der Waals surface area contributed by atoms with E-state index in [1.54, 1.807) is 18.2 Å². The molecule has 0 heterocycles. The maximum atomic E-state index is 11.0. The second-order valence-corrected chi connectivity index (χ2v) is 6.01. The van der Waals surface area contributed by atoms with Crippen molar-refractivity contribution in [3.8, 4) is 0 Å². The molecular weight excluding hydrogens is 338 g/mol. The van der Waals surface area contributed by atoms with Crippen molar-refractivity contribution in [1.82, 2.24) is 0 Å². The number of rotatable bonds is 6. The summed E-state index contributed by atoms with van der Waals surface area (Å²) in [6.45, 7) is 0. The molecule has 0 amide bonds. The number of para-hydroxylation sites is 1. The van der Waals surface area contributed by atoms with Crippen LogP contribution in [0.1, 0.15) is 11.5 Å². The highest BCUT2D eigenvalue weighted by atomic mass is 79.9. The van der Waals surface area contributed by atoms with E-state index < -0.39 is 0 Å². The third-order valence-electron chi connectivity index (χ3n) is 2.96. The lowest BCUT2D eigenvalue weighted by atomic mass is 10.0. The molecular formula is C15H14BrNO2S. The molecule has 0 radical (unpaired) electrons. The van der Waals surface area contributed by atoms with Gasteiger partial charge in [0.05, 0.1) is 9.82 Å². The normalized spacial score (nSPS) is 12.1. The van der Waals surface area contributed by atoms with Crippen LogP contribution in [0.25, 0.3) is 0 Å². The van der Waals surface area contributed by atoms with Crippen LogP contribution < -0.4 is 0 Å². The van der Waals surface area contributed by atoms with Crippen LogP contribution in [0.3, 0.4) is 0 Å². The zero-order valence-electron chi connectivity index (χ0n) is 10.7. The van der Waals surface area contributed by atoms with Crippen molar-refractivity contribution < 1.29 is 4.92 Å². The second-order valence-electron chi connectivity index (χ2n) is 4.30. The molecule has 104 valence electrons. The van der Waals surface area contributed by atoms with Crippen molar-refractivity contribution in [1.29, 1.82) is 0 Å². The number of benzene rings is 2. The Kier molecular flexibility index (Phi) is 5.61. The fourth-order valence-electron chi connectivity index (χ4n) is 1.88. The molecule has 1 unspecified atom stereocenters. The number of alkyl halides is 1. The zero-order chi connectivity index (χ0) is 14.4. The highest BCUT2D eigenvalue weighted by molar-refractivity contribution is 9.09. The second kappa shape index (κ2) is 7.45. The lowest BCUT2D eigenvalue weighted by Crippen LogP contribution is -2.03. The largest absolute Gasteiger partial charge is 0.282 e. The molecule has 0 saturated carbocycles. The molecule has 20 heavy (non-hydrogen) atoms. The number of hydrogen-bond donors (Lipinski definition) is 0. The van der Waals surface area contributed by atoms with Gasteiger partial charge in [-0.2, -0.15) is 0 Å². The van der Waals surface area contributed by atoms with Crippen LogP contribution in [0.5, 0.6) is 0 Å². The third kappa shape index (κ3) is 3.84. The van der Waals surface area contributed by atoms with Crippen molar-refractivity contribution in [3.63, 3.8) is 0 Å². The van der Waals surface area contributed by atoms with Crippen LogP contribution >= 0.6 is 27.7 Å². The van der Waals surface area contributed by atoms with Crippen molar-refractivity contribution in [2.75, 3.05) is 11.1 Å². The molecule has 0 bridgehead atoms. The lowest BCUT2D eigenvalue weighted by Gasteiger charge is -2.14. The fraction of sp³-hybridized carbons (Fsp3) is 0.200. The topological polar surface area (TPSA) is 43.1 Å². The first-order valence-corrected chi connectivity index (χ1v) is 8.30.